The molecule has 7 nitrogen and oxygen atoms in total. The number of hydrogen-bond donors (Lipinski definition) is 2. The maximum atomic E-state index is 12.5. The lowest BCUT2D eigenvalue weighted by atomic mass is 10.1. The van der Waals surface area contributed by atoms with E-state index in [2.05, 4.69) is 10.3 Å². The molecule has 1 atom stereocenters. The monoisotopic (exact) mass is 331 g/mol. The van der Waals surface area contributed by atoms with Crippen molar-refractivity contribution in [3.8, 4) is 0 Å². The van der Waals surface area contributed by atoms with Crippen molar-refractivity contribution in [1.82, 2.24) is 15.2 Å². The van der Waals surface area contributed by atoms with E-state index in [1.807, 2.05) is 0 Å². The van der Waals surface area contributed by atoms with Crippen LogP contribution in [0.25, 0.3) is 0 Å². The first-order chi connectivity index (χ1) is 9.90. The number of piperazine rings is 1. The Morgan fingerprint density at radius 2 is 2.19 bits per heavy atom. The quantitative estimate of drug-likeness (QED) is 0.798. The van der Waals surface area contributed by atoms with E-state index in [0.29, 0.717) is 0 Å². The molecule has 0 spiro atoms. The summed E-state index contributed by atoms with van der Waals surface area (Å²) in [4.78, 5) is 40.1. The topological polar surface area (TPSA) is 99.6 Å². The smallest absolute Gasteiger partial charge is 0.305 e. The summed E-state index contributed by atoms with van der Waals surface area (Å²) in [7, 11) is 0. The van der Waals surface area contributed by atoms with Crippen LogP contribution < -0.4 is 5.32 Å². The van der Waals surface area contributed by atoms with Crippen LogP contribution in [0.1, 0.15) is 16.8 Å². The molecule has 1 aromatic rings. The molecule has 0 bridgehead atoms. The summed E-state index contributed by atoms with van der Waals surface area (Å²) < 4.78 is 0. The molecule has 0 aliphatic carbocycles. The van der Waals surface area contributed by atoms with Gasteiger partial charge >= 0.3 is 5.97 Å². The number of aromatic nitrogens is 1. The van der Waals surface area contributed by atoms with Gasteiger partial charge in [-0.15, -0.1) is 0 Å². The number of carboxylic acid groups (broad SMARTS) is 1. The van der Waals surface area contributed by atoms with Gasteiger partial charge in [-0.3, -0.25) is 14.4 Å². The predicted octanol–water partition coefficient (Wildman–Crippen LogP) is 0.804. The zero-order chi connectivity index (χ0) is 15.6. The molecule has 0 saturated carbocycles. The van der Waals surface area contributed by atoms with Crippen LogP contribution >= 0.6 is 23.2 Å². The van der Waals surface area contributed by atoms with Crippen molar-refractivity contribution in [2.24, 2.45) is 0 Å². The van der Waals surface area contributed by atoms with E-state index < -0.39 is 30.2 Å². The van der Waals surface area contributed by atoms with Crippen LogP contribution in [0.4, 0.5) is 0 Å². The number of pyridine rings is 1. The third-order valence-corrected chi connectivity index (χ3v) is 3.52. The minimum absolute atomic E-state index is 0.0824. The maximum absolute atomic E-state index is 12.5. The number of nitrogens with one attached hydrogen (secondary N) is 1. The minimum atomic E-state index is -1.17. The first-order valence-corrected chi connectivity index (χ1v) is 6.77. The van der Waals surface area contributed by atoms with Gasteiger partial charge in [0.2, 0.25) is 5.91 Å². The molecule has 1 aromatic heterocycles. The second-order valence-electron chi connectivity index (χ2n) is 4.39. The molecule has 2 heterocycles. The highest BCUT2D eigenvalue weighted by atomic mass is 35.5. The lowest BCUT2D eigenvalue weighted by molar-refractivity contribution is -0.142. The Hall–Kier alpha value is -1.86. The lowest BCUT2D eigenvalue weighted by Crippen LogP contribution is -2.57. The predicted molar refractivity (Wildman–Crippen MR) is 74.3 cm³/mol. The fourth-order valence-corrected chi connectivity index (χ4v) is 2.40. The van der Waals surface area contributed by atoms with E-state index in [1.54, 1.807) is 0 Å². The van der Waals surface area contributed by atoms with E-state index in [-0.39, 0.29) is 28.8 Å². The molecule has 2 rings (SSSR count). The van der Waals surface area contributed by atoms with Crippen molar-refractivity contribution < 1.29 is 19.5 Å². The van der Waals surface area contributed by atoms with Crippen LogP contribution in [-0.4, -0.2) is 51.9 Å². The number of nitrogens with zero attached hydrogens (tertiary/aromatic N) is 2. The molecule has 1 fully saturated rings. The molecule has 1 saturated heterocycles. The zero-order valence-electron chi connectivity index (χ0n) is 10.7. The fraction of sp³-hybridized carbons (Fsp3) is 0.333. The van der Waals surface area contributed by atoms with Gasteiger partial charge in [-0.2, -0.15) is 0 Å². The van der Waals surface area contributed by atoms with Crippen LogP contribution in [0.5, 0.6) is 0 Å². The van der Waals surface area contributed by atoms with E-state index in [9.17, 15) is 14.4 Å². The molecule has 1 aliphatic rings. The molecule has 2 amide bonds. The normalized spacial score (nSPS) is 18.3. The summed E-state index contributed by atoms with van der Waals surface area (Å²) in [6.45, 7) is 0.440. The molecule has 0 aromatic carbocycles. The maximum Gasteiger partial charge on any atom is 0.305 e. The summed E-state index contributed by atoms with van der Waals surface area (Å²) in [5, 5.41) is 11.6. The number of amides is 2. The third-order valence-electron chi connectivity index (χ3n) is 3.01. The van der Waals surface area contributed by atoms with Crippen LogP contribution in [0.2, 0.25) is 10.2 Å². The molecule has 1 aliphatic heterocycles. The molecular formula is C12H11Cl2N3O4. The average Bonchev–Trinajstić information content (AvgIpc) is 2.42. The molecule has 21 heavy (non-hydrogen) atoms. The van der Waals surface area contributed by atoms with E-state index in [1.165, 1.54) is 17.2 Å². The number of aliphatic carboxylic acids is 1. The Kier molecular flexibility index (Phi) is 4.64. The van der Waals surface area contributed by atoms with Crippen LogP contribution in [0, 0.1) is 0 Å². The molecule has 0 radical (unpaired) electrons. The summed E-state index contributed by atoms with van der Waals surface area (Å²) >= 11 is 11.6. The molecule has 1 unspecified atom stereocenters. The van der Waals surface area contributed by atoms with Crippen LogP contribution in [0.15, 0.2) is 12.3 Å². The first kappa shape index (κ1) is 15.5. The highest BCUT2D eigenvalue weighted by Crippen LogP contribution is 2.22. The van der Waals surface area contributed by atoms with Gasteiger partial charge in [-0.05, 0) is 6.07 Å². The minimum Gasteiger partial charge on any atom is -0.481 e. The van der Waals surface area contributed by atoms with Gasteiger partial charge in [0.1, 0.15) is 11.2 Å². The van der Waals surface area contributed by atoms with Gasteiger partial charge in [0.25, 0.3) is 5.91 Å². The second kappa shape index (κ2) is 6.28. The SMILES string of the molecule is O=C(O)CC1C(=O)NCCN1C(=O)c1cc(Cl)ncc1Cl. The molecule has 112 valence electrons. The summed E-state index contributed by atoms with van der Waals surface area (Å²) in [5.74, 6) is -2.23. The standard InChI is InChI=1S/C12H11Cl2N3O4/c13-7-5-16-9(14)3-6(7)12(21)17-2-1-15-11(20)8(17)4-10(18)19/h3,5,8H,1-2,4H2,(H,15,20)(H,18,19). The molecule has 9 heteroatoms. The number of carboxylic acids is 1. The van der Waals surface area contributed by atoms with Crippen molar-refractivity contribution >= 4 is 41.0 Å². The highest BCUT2D eigenvalue weighted by molar-refractivity contribution is 6.35. The van der Waals surface area contributed by atoms with Crippen molar-refractivity contribution in [2.75, 3.05) is 13.1 Å². The number of hydrogen-bond acceptors (Lipinski definition) is 4. The average molecular weight is 332 g/mol. The molecular weight excluding hydrogens is 321 g/mol. The zero-order valence-corrected chi connectivity index (χ0v) is 12.2. The Morgan fingerprint density at radius 1 is 1.48 bits per heavy atom. The van der Waals surface area contributed by atoms with Gasteiger partial charge < -0.3 is 15.3 Å². The summed E-state index contributed by atoms with van der Waals surface area (Å²) in [6, 6.07) is 0.211. The van der Waals surface area contributed by atoms with E-state index in [0.717, 1.165) is 0 Å². The van der Waals surface area contributed by atoms with Crippen molar-refractivity contribution in [1.29, 1.82) is 0 Å². The Bertz CT molecular complexity index is 608. The number of carbonyl (C=O) groups is 3. The first-order valence-electron chi connectivity index (χ1n) is 6.01. The van der Waals surface area contributed by atoms with Gasteiger partial charge in [-0.1, -0.05) is 23.2 Å². The van der Waals surface area contributed by atoms with Crippen LogP contribution in [-0.2, 0) is 9.59 Å². The van der Waals surface area contributed by atoms with Gasteiger partial charge in [-0.25, -0.2) is 4.98 Å². The number of halogens is 2. The van der Waals surface area contributed by atoms with Crippen molar-refractivity contribution in [3.63, 3.8) is 0 Å². The Balaban J connectivity index is 2.32. The number of carbonyl (C=O) groups excluding carboxylic acids is 2. The summed E-state index contributed by atoms with van der Waals surface area (Å²) in [6.07, 6.45) is 0.751. The lowest BCUT2D eigenvalue weighted by Gasteiger charge is -2.34. The third kappa shape index (κ3) is 3.43. The second-order valence-corrected chi connectivity index (χ2v) is 5.18. The van der Waals surface area contributed by atoms with Gasteiger partial charge in [0, 0.05) is 19.3 Å². The van der Waals surface area contributed by atoms with Crippen LogP contribution in [0.3, 0.4) is 0 Å². The highest BCUT2D eigenvalue weighted by Gasteiger charge is 2.35. The van der Waals surface area contributed by atoms with Crippen molar-refractivity contribution in [2.45, 2.75) is 12.5 Å². The van der Waals surface area contributed by atoms with Gasteiger partial charge in [0.15, 0.2) is 0 Å². The van der Waals surface area contributed by atoms with E-state index in [4.69, 9.17) is 28.3 Å². The Labute approximate surface area is 129 Å². The summed E-state index contributed by atoms with van der Waals surface area (Å²) in [5.41, 5.74) is 0.0850. The van der Waals surface area contributed by atoms with E-state index >= 15 is 0 Å². The van der Waals surface area contributed by atoms with Gasteiger partial charge in [0.05, 0.1) is 17.0 Å². The Morgan fingerprint density at radius 3 is 2.86 bits per heavy atom. The largest absolute Gasteiger partial charge is 0.481 e. The van der Waals surface area contributed by atoms with Crippen molar-refractivity contribution in [3.05, 3.63) is 28.0 Å². The fourth-order valence-electron chi connectivity index (χ4n) is 2.06. The number of rotatable bonds is 3. The molecule has 2 N–H and O–H groups in total.